The van der Waals surface area contributed by atoms with Crippen LogP contribution in [0, 0.1) is 12.3 Å². The number of rotatable bonds is 6. The summed E-state index contributed by atoms with van der Waals surface area (Å²) in [6.45, 7) is 3.09. The fourth-order valence-electron chi connectivity index (χ4n) is 4.86. The molecule has 0 aliphatic carbocycles. The average Bonchev–Trinajstić information content (AvgIpc) is 3.24. The third-order valence-corrected chi connectivity index (χ3v) is 6.49. The molecule has 0 unspecified atom stereocenters. The summed E-state index contributed by atoms with van der Waals surface area (Å²) < 4.78 is 0. The standard InChI is InChI=1S/C28H31N3O2/c1-21-6-4-7-22(16-21)18-26(32)31-15-12-28(20-31,27(33)30(2)3)19-23-8-5-9-25(17-23)24-10-13-29-14-11-24/h4-11,13-14,16-17H,12,15,18-20H2,1-3H3/t28-/m0/s1. The molecule has 5 heteroatoms. The van der Waals surface area contributed by atoms with Crippen molar-refractivity contribution in [2.75, 3.05) is 27.2 Å². The molecule has 5 nitrogen and oxygen atoms in total. The van der Waals surface area contributed by atoms with Gasteiger partial charge in [-0.3, -0.25) is 14.6 Å². The second-order valence-corrected chi connectivity index (χ2v) is 9.32. The fourth-order valence-corrected chi connectivity index (χ4v) is 4.86. The predicted molar refractivity (Wildman–Crippen MR) is 131 cm³/mol. The normalized spacial score (nSPS) is 17.7. The van der Waals surface area contributed by atoms with Crippen LogP contribution in [0.4, 0.5) is 0 Å². The Kier molecular flexibility index (Phi) is 6.59. The number of nitrogens with zero attached hydrogens (tertiary/aromatic N) is 3. The van der Waals surface area contributed by atoms with Crippen molar-refractivity contribution < 1.29 is 9.59 Å². The van der Waals surface area contributed by atoms with Gasteiger partial charge in [-0.1, -0.05) is 54.1 Å². The first kappa shape index (κ1) is 22.7. The van der Waals surface area contributed by atoms with Gasteiger partial charge in [0.2, 0.25) is 11.8 Å². The molecule has 0 N–H and O–H groups in total. The van der Waals surface area contributed by atoms with Gasteiger partial charge < -0.3 is 9.80 Å². The van der Waals surface area contributed by atoms with Crippen molar-refractivity contribution in [2.45, 2.75) is 26.2 Å². The molecule has 3 aromatic rings. The summed E-state index contributed by atoms with van der Waals surface area (Å²) in [6, 6.07) is 20.4. The number of likely N-dealkylation sites (tertiary alicyclic amines) is 1. The second kappa shape index (κ2) is 9.57. The molecule has 1 aliphatic rings. The monoisotopic (exact) mass is 441 g/mol. The number of aryl methyl sites for hydroxylation is 1. The van der Waals surface area contributed by atoms with E-state index in [1.54, 1.807) is 31.4 Å². The van der Waals surface area contributed by atoms with Crippen molar-refractivity contribution >= 4 is 11.8 Å². The summed E-state index contributed by atoms with van der Waals surface area (Å²) in [4.78, 5) is 34.1. The van der Waals surface area contributed by atoms with E-state index in [1.807, 2.05) is 48.2 Å². The first-order chi connectivity index (χ1) is 15.9. The number of hydrogen-bond donors (Lipinski definition) is 0. The van der Waals surface area contributed by atoms with Gasteiger partial charge in [-0.25, -0.2) is 0 Å². The average molecular weight is 442 g/mol. The Labute approximate surface area is 196 Å². The minimum Gasteiger partial charge on any atom is -0.348 e. The van der Waals surface area contributed by atoms with Crippen LogP contribution in [0.5, 0.6) is 0 Å². The number of pyridine rings is 1. The molecule has 4 rings (SSSR count). The number of amides is 2. The van der Waals surface area contributed by atoms with Crippen molar-refractivity contribution in [3.63, 3.8) is 0 Å². The molecule has 2 aromatic carbocycles. The van der Waals surface area contributed by atoms with Gasteiger partial charge in [-0.05, 0) is 54.2 Å². The highest BCUT2D eigenvalue weighted by Crippen LogP contribution is 2.37. The second-order valence-electron chi connectivity index (χ2n) is 9.32. The van der Waals surface area contributed by atoms with Crippen LogP contribution in [0.2, 0.25) is 0 Å². The molecule has 0 bridgehead atoms. The lowest BCUT2D eigenvalue weighted by Gasteiger charge is -2.31. The van der Waals surface area contributed by atoms with Gasteiger partial charge in [0, 0.05) is 39.6 Å². The number of hydrogen-bond acceptors (Lipinski definition) is 3. The maximum atomic E-state index is 13.4. The summed E-state index contributed by atoms with van der Waals surface area (Å²) in [5.41, 5.74) is 4.86. The van der Waals surface area contributed by atoms with Crippen molar-refractivity contribution in [2.24, 2.45) is 5.41 Å². The van der Waals surface area contributed by atoms with E-state index < -0.39 is 5.41 Å². The van der Waals surface area contributed by atoms with Gasteiger partial charge in [0.25, 0.3) is 0 Å². The highest BCUT2D eigenvalue weighted by molar-refractivity contribution is 5.86. The van der Waals surface area contributed by atoms with E-state index in [9.17, 15) is 9.59 Å². The Balaban J connectivity index is 1.55. The highest BCUT2D eigenvalue weighted by Gasteiger charge is 2.46. The lowest BCUT2D eigenvalue weighted by Crippen LogP contribution is -2.44. The maximum Gasteiger partial charge on any atom is 0.230 e. The molecule has 1 saturated heterocycles. The smallest absolute Gasteiger partial charge is 0.230 e. The van der Waals surface area contributed by atoms with E-state index in [-0.39, 0.29) is 11.8 Å². The van der Waals surface area contributed by atoms with Crippen molar-refractivity contribution in [3.05, 3.63) is 89.7 Å². The first-order valence-electron chi connectivity index (χ1n) is 11.4. The summed E-state index contributed by atoms with van der Waals surface area (Å²) in [7, 11) is 3.60. The number of aromatic nitrogens is 1. The number of carbonyl (C=O) groups excluding carboxylic acids is 2. The number of benzene rings is 2. The van der Waals surface area contributed by atoms with Crippen molar-refractivity contribution in [1.29, 1.82) is 0 Å². The van der Waals surface area contributed by atoms with Gasteiger partial charge in [-0.2, -0.15) is 0 Å². The van der Waals surface area contributed by atoms with Gasteiger partial charge >= 0.3 is 0 Å². The van der Waals surface area contributed by atoms with Crippen LogP contribution in [-0.2, 0) is 22.4 Å². The molecule has 0 radical (unpaired) electrons. The first-order valence-corrected chi connectivity index (χ1v) is 11.4. The molecule has 1 aromatic heterocycles. The van der Waals surface area contributed by atoms with Crippen LogP contribution in [0.25, 0.3) is 11.1 Å². The molecule has 1 aliphatic heterocycles. The van der Waals surface area contributed by atoms with Gasteiger partial charge in [0.15, 0.2) is 0 Å². The van der Waals surface area contributed by atoms with Gasteiger partial charge in [-0.15, -0.1) is 0 Å². The summed E-state index contributed by atoms with van der Waals surface area (Å²) in [5.74, 6) is 0.169. The quantitative estimate of drug-likeness (QED) is 0.578. The summed E-state index contributed by atoms with van der Waals surface area (Å²) in [6.07, 6.45) is 5.22. The molecule has 2 heterocycles. The molecule has 1 atom stereocenters. The van der Waals surface area contributed by atoms with Crippen LogP contribution in [0.3, 0.4) is 0 Å². The minimum atomic E-state index is -0.609. The molecule has 170 valence electrons. The Morgan fingerprint density at radius 2 is 1.70 bits per heavy atom. The summed E-state index contributed by atoms with van der Waals surface area (Å²) in [5, 5.41) is 0. The number of carbonyl (C=O) groups is 2. The van der Waals surface area contributed by atoms with Crippen molar-refractivity contribution in [3.8, 4) is 11.1 Å². The lowest BCUT2D eigenvalue weighted by atomic mass is 9.79. The Bertz CT molecular complexity index is 1140. The minimum absolute atomic E-state index is 0.0829. The molecule has 0 spiro atoms. The molecule has 1 fully saturated rings. The molecule has 2 amide bonds. The highest BCUT2D eigenvalue weighted by atomic mass is 16.2. The van der Waals surface area contributed by atoms with Crippen molar-refractivity contribution in [1.82, 2.24) is 14.8 Å². The van der Waals surface area contributed by atoms with Gasteiger partial charge in [0.1, 0.15) is 0 Å². The molecular formula is C28H31N3O2. The predicted octanol–water partition coefficient (Wildman–Crippen LogP) is 4.15. The maximum absolute atomic E-state index is 13.4. The third-order valence-electron chi connectivity index (χ3n) is 6.49. The third kappa shape index (κ3) is 5.14. The van der Waals surface area contributed by atoms with E-state index in [0.717, 1.165) is 27.8 Å². The zero-order chi connectivity index (χ0) is 23.4. The van der Waals surface area contributed by atoms with E-state index in [0.29, 0.717) is 32.4 Å². The van der Waals surface area contributed by atoms with E-state index >= 15 is 0 Å². The van der Waals surface area contributed by atoms with Crippen LogP contribution in [-0.4, -0.2) is 53.8 Å². The van der Waals surface area contributed by atoms with Crippen LogP contribution in [0.15, 0.2) is 73.1 Å². The molecule has 33 heavy (non-hydrogen) atoms. The van der Waals surface area contributed by atoms with Gasteiger partial charge in [0.05, 0.1) is 11.8 Å². The Morgan fingerprint density at radius 1 is 0.970 bits per heavy atom. The van der Waals surface area contributed by atoms with E-state index in [2.05, 4.69) is 29.2 Å². The molecule has 0 saturated carbocycles. The summed E-state index contributed by atoms with van der Waals surface area (Å²) >= 11 is 0. The topological polar surface area (TPSA) is 53.5 Å². The molecular weight excluding hydrogens is 410 g/mol. The zero-order valence-corrected chi connectivity index (χ0v) is 19.6. The lowest BCUT2D eigenvalue weighted by molar-refractivity contribution is -0.139. The Hall–Kier alpha value is -3.47. The largest absolute Gasteiger partial charge is 0.348 e. The van der Waals surface area contributed by atoms with Crippen LogP contribution >= 0.6 is 0 Å². The van der Waals surface area contributed by atoms with E-state index in [4.69, 9.17) is 0 Å². The fraction of sp³-hybridized carbons (Fsp3) is 0.321. The Morgan fingerprint density at radius 3 is 2.42 bits per heavy atom. The van der Waals surface area contributed by atoms with E-state index in [1.165, 1.54) is 0 Å². The van der Waals surface area contributed by atoms with Crippen LogP contribution in [0.1, 0.15) is 23.1 Å². The van der Waals surface area contributed by atoms with Crippen LogP contribution < -0.4 is 0 Å². The zero-order valence-electron chi connectivity index (χ0n) is 19.6. The SMILES string of the molecule is Cc1cccc(CC(=O)N2CC[C@@](Cc3cccc(-c4ccncc4)c3)(C(=O)N(C)C)C2)c1.